The van der Waals surface area contributed by atoms with Crippen molar-refractivity contribution in [1.82, 2.24) is 10.6 Å². The lowest BCUT2D eigenvalue weighted by atomic mass is 10.1. The van der Waals surface area contributed by atoms with E-state index >= 15 is 0 Å². The lowest BCUT2D eigenvalue weighted by Crippen LogP contribution is -2.33. The maximum atomic E-state index is 11.7. The summed E-state index contributed by atoms with van der Waals surface area (Å²) in [6.45, 7) is 5.97. The van der Waals surface area contributed by atoms with Crippen LogP contribution in [0.25, 0.3) is 0 Å². The van der Waals surface area contributed by atoms with Gasteiger partial charge in [0.25, 0.3) is 0 Å². The number of rotatable bonds is 5. The Kier molecular flexibility index (Phi) is 5.68. The summed E-state index contributed by atoms with van der Waals surface area (Å²) in [5.74, 6) is 0.0787. The van der Waals surface area contributed by atoms with E-state index in [1.807, 2.05) is 18.2 Å². The molecule has 0 aromatic heterocycles. The van der Waals surface area contributed by atoms with E-state index in [0.29, 0.717) is 11.6 Å². The summed E-state index contributed by atoms with van der Waals surface area (Å²) >= 11 is 6.13. The number of hydrogen-bond acceptors (Lipinski definition) is 3. The second-order valence-corrected chi connectivity index (χ2v) is 5.51. The van der Waals surface area contributed by atoms with Crippen molar-refractivity contribution < 1.29 is 4.79 Å². The number of halogens is 1. The zero-order chi connectivity index (χ0) is 14.4. The molecule has 1 aliphatic rings. The molecule has 5 heteroatoms. The van der Waals surface area contributed by atoms with Gasteiger partial charge in [-0.1, -0.05) is 24.6 Å². The summed E-state index contributed by atoms with van der Waals surface area (Å²) < 4.78 is 0. The van der Waals surface area contributed by atoms with Crippen molar-refractivity contribution in [2.24, 2.45) is 0 Å². The van der Waals surface area contributed by atoms with Crippen LogP contribution in [0.1, 0.15) is 25.3 Å². The average molecular weight is 296 g/mol. The summed E-state index contributed by atoms with van der Waals surface area (Å²) in [4.78, 5) is 13.8. The predicted molar refractivity (Wildman–Crippen MR) is 83.3 cm³/mol. The number of benzene rings is 1. The molecule has 2 rings (SSSR count). The summed E-state index contributed by atoms with van der Waals surface area (Å²) in [5, 5.41) is 7.02. The standard InChI is InChI=1S/C15H22ClN3O/c1-2-6-17-10-12-4-5-13(16)9-14(12)19-8-3-7-18-15(20)11-19/h4-5,9,17H,2-3,6-8,10-11H2,1H3,(H,18,20). The minimum Gasteiger partial charge on any atom is -0.362 e. The van der Waals surface area contributed by atoms with Crippen LogP contribution in [-0.4, -0.2) is 32.1 Å². The number of carbonyl (C=O) groups excluding carboxylic acids is 1. The number of amides is 1. The van der Waals surface area contributed by atoms with Crippen molar-refractivity contribution in [2.45, 2.75) is 26.3 Å². The molecule has 1 aromatic rings. The molecule has 0 atom stereocenters. The van der Waals surface area contributed by atoms with Crippen molar-refractivity contribution in [3.05, 3.63) is 28.8 Å². The van der Waals surface area contributed by atoms with Crippen LogP contribution in [0, 0.1) is 0 Å². The van der Waals surface area contributed by atoms with E-state index in [-0.39, 0.29) is 5.91 Å². The number of hydrogen-bond donors (Lipinski definition) is 2. The highest BCUT2D eigenvalue weighted by Crippen LogP contribution is 2.25. The summed E-state index contributed by atoms with van der Waals surface area (Å²) in [5.41, 5.74) is 2.26. The van der Waals surface area contributed by atoms with Gasteiger partial charge in [-0.05, 0) is 37.1 Å². The second-order valence-electron chi connectivity index (χ2n) is 5.07. The maximum Gasteiger partial charge on any atom is 0.239 e. The molecule has 0 aliphatic carbocycles. The fraction of sp³-hybridized carbons (Fsp3) is 0.533. The molecular formula is C15H22ClN3O. The zero-order valence-corrected chi connectivity index (χ0v) is 12.7. The van der Waals surface area contributed by atoms with Crippen LogP contribution in [0.3, 0.4) is 0 Å². The molecular weight excluding hydrogens is 274 g/mol. The van der Waals surface area contributed by atoms with Crippen molar-refractivity contribution in [2.75, 3.05) is 31.1 Å². The monoisotopic (exact) mass is 295 g/mol. The molecule has 2 N–H and O–H groups in total. The molecule has 0 spiro atoms. The van der Waals surface area contributed by atoms with Crippen LogP contribution in [0.15, 0.2) is 18.2 Å². The number of carbonyl (C=O) groups is 1. The van der Waals surface area contributed by atoms with Gasteiger partial charge in [0.2, 0.25) is 5.91 Å². The Labute approximate surface area is 125 Å². The Morgan fingerprint density at radius 1 is 1.45 bits per heavy atom. The summed E-state index contributed by atoms with van der Waals surface area (Å²) in [6, 6.07) is 5.91. The predicted octanol–water partition coefficient (Wildman–Crippen LogP) is 2.17. The van der Waals surface area contributed by atoms with Gasteiger partial charge in [-0.3, -0.25) is 4.79 Å². The van der Waals surface area contributed by atoms with Gasteiger partial charge in [-0.25, -0.2) is 0 Å². The topological polar surface area (TPSA) is 44.4 Å². The molecule has 1 saturated heterocycles. The first-order chi connectivity index (χ1) is 9.70. The van der Waals surface area contributed by atoms with Crippen molar-refractivity contribution in [3.63, 3.8) is 0 Å². The third-order valence-electron chi connectivity index (χ3n) is 3.39. The SMILES string of the molecule is CCCNCc1ccc(Cl)cc1N1CCCNC(=O)C1. The number of nitrogens with zero attached hydrogens (tertiary/aromatic N) is 1. The lowest BCUT2D eigenvalue weighted by Gasteiger charge is -2.24. The Hall–Kier alpha value is -1.26. The Morgan fingerprint density at radius 3 is 3.10 bits per heavy atom. The van der Waals surface area contributed by atoms with Crippen molar-refractivity contribution in [3.8, 4) is 0 Å². The third-order valence-corrected chi connectivity index (χ3v) is 3.63. The second kappa shape index (κ2) is 7.50. The van der Waals surface area contributed by atoms with E-state index in [1.165, 1.54) is 5.56 Å². The largest absolute Gasteiger partial charge is 0.362 e. The molecule has 1 aromatic carbocycles. The van der Waals surface area contributed by atoms with Crippen molar-refractivity contribution >= 4 is 23.2 Å². The van der Waals surface area contributed by atoms with Crippen LogP contribution in [-0.2, 0) is 11.3 Å². The average Bonchev–Trinajstić information content (AvgIpc) is 2.65. The first-order valence-electron chi connectivity index (χ1n) is 7.21. The third kappa shape index (κ3) is 4.12. The van der Waals surface area contributed by atoms with E-state index in [2.05, 4.69) is 22.5 Å². The van der Waals surface area contributed by atoms with Gasteiger partial charge >= 0.3 is 0 Å². The normalized spacial score (nSPS) is 15.9. The molecule has 1 aliphatic heterocycles. The van der Waals surface area contributed by atoms with Gasteiger partial charge in [0.05, 0.1) is 6.54 Å². The molecule has 1 fully saturated rings. The molecule has 110 valence electrons. The highest BCUT2D eigenvalue weighted by Gasteiger charge is 2.17. The molecule has 4 nitrogen and oxygen atoms in total. The minimum atomic E-state index is 0.0787. The van der Waals surface area contributed by atoms with E-state index < -0.39 is 0 Å². The molecule has 0 radical (unpaired) electrons. The van der Waals surface area contributed by atoms with E-state index in [1.54, 1.807) is 0 Å². The van der Waals surface area contributed by atoms with Crippen LogP contribution in [0.5, 0.6) is 0 Å². The van der Waals surface area contributed by atoms with E-state index in [0.717, 1.165) is 44.7 Å². The van der Waals surface area contributed by atoms with Gasteiger partial charge < -0.3 is 15.5 Å². The molecule has 0 saturated carbocycles. The smallest absolute Gasteiger partial charge is 0.239 e. The number of nitrogens with one attached hydrogen (secondary N) is 2. The first-order valence-corrected chi connectivity index (χ1v) is 7.59. The molecule has 0 unspecified atom stereocenters. The van der Waals surface area contributed by atoms with Crippen LogP contribution in [0.2, 0.25) is 5.02 Å². The highest BCUT2D eigenvalue weighted by atomic mass is 35.5. The van der Waals surface area contributed by atoms with Crippen molar-refractivity contribution in [1.29, 1.82) is 0 Å². The Morgan fingerprint density at radius 2 is 2.30 bits per heavy atom. The maximum absolute atomic E-state index is 11.7. The van der Waals surface area contributed by atoms with Gasteiger partial charge in [0.1, 0.15) is 0 Å². The quantitative estimate of drug-likeness (QED) is 0.818. The van der Waals surface area contributed by atoms with Gasteiger partial charge in [0, 0.05) is 30.3 Å². The van der Waals surface area contributed by atoms with Crippen LogP contribution in [0.4, 0.5) is 5.69 Å². The summed E-state index contributed by atoms with van der Waals surface area (Å²) in [6.07, 6.45) is 2.06. The van der Waals surface area contributed by atoms with Gasteiger partial charge in [0.15, 0.2) is 0 Å². The fourth-order valence-corrected chi connectivity index (χ4v) is 2.56. The van der Waals surface area contributed by atoms with Crippen LogP contribution < -0.4 is 15.5 Å². The zero-order valence-electron chi connectivity index (χ0n) is 11.9. The van der Waals surface area contributed by atoms with Gasteiger partial charge in [-0.15, -0.1) is 0 Å². The first kappa shape index (κ1) is 15.1. The number of anilines is 1. The minimum absolute atomic E-state index is 0.0787. The summed E-state index contributed by atoms with van der Waals surface area (Å²) in [7, 11) is 0. The van der Waals surface area contributed by atoms with E-state index in [4.69, 9.17) is 11.6 Å². The fourth-order valence-electron chi connectivity index (χ4n) is 2.39. The molecule has 1 heterocycles. The Bertz CT molecular complexity index is 464. The molecule has 0 bridgehead atoms. The van der Waals surface area contributed by atoms with E-state index in [9.17, 15) is 4.79 Å². The molecule has 20 heavy (non-hydrogen) atoms. The Balaban J connectivity index is 2.18. The van der Waals surface area contributed by atoms with Crippen LogP contribution >= 0.6 is 11.6 Å². The molecule has 1 amide bonds. The lowest BCUT2D eigenvalue weighted by molar-refractivity contribution is -0.119. The van der Waals surface area contributed by atoms with Gasteiger partial charge in [-0.2, -0.15) is 0 Å². The highest BCUT2D eigenvalue weighted by molar-refractivity contribution is 6.30.